The molecule has 3 fully saturated rings. The Morgan fingerprint density at radius 2 is 2.07 bits per heavy atom. The number of rotatable bonds is 5. The van der Waals surface area contributed by atoms with E-state index in [1.165, 1.54) is 0 Å². The number of fused-ring (bicyclic) bond motifs is 4. The maximum Gasteiger partial charge on any atom is 0.312 e. The first-order valence-corrected chi connectivity index (χ1v) is 10.7. The SMILES string of the molecule is COc1cccc(C[C@H]2[C@H]3C[C@H](CN(C(=O)CNC(N)=O)C3)[C@@H]3CCCC(=O)N32)c1. The standard InChI is InChI=1S/C22H30N4O4/c1-30-17-5-2-4-14(8-17)9-19-16-10-15(18-6-3-7-20(27)26(18)19)12-25(13-16)21(28)11-24-22(23)29/h2,4-5,8,15-16,18-19H,3,6-7,9-13H2,1H3,(H3,23,24,29)/t15-,16+,18+,19+/m1/s1. The summed E-state index contributed by atoms with van der Waals surface area (Å²) in [6.45, 7) is 1.15. The summed E-state index contributed by atoms with van der Waals surface area (Å²) < 4.78 is 5.37. The predicted octanol–water partition coefficient (Wildman–Crippen LogP) is 1.13. The molecule has 1 aromatic carbocycles. The van der Waals surface area contributed by atoms with Gasteiger partial charge in [0.1, 0.15) is 5.75 Å². The largest absolute Gasteiger partial charge is 0.497 e. The highest BCUT2D eigenvalue weighted by Gasteiger charge is 2.49. The lowest BCUT2D eigenvalue weighted by molar-refractivity contribution is -0.155. The molecule has 0 aliphatic carbocycles. The van der Waals surface area contributed by atoms with Crippen molar-refractivity contribution < 1.29 is 19.1 Å². The molecule has 4 rings (SSSR count). The number of hydrogen-bond acceptors (Lipinski definition) is 4. The number of carbonyl (C=O) groups excluding carboxylic acids is 3. The van der Waals surface area contributed by atoms with Crippen molar-refractivity contribution in [3.8, 4) is 5.75 Å². The van der Waals surface area contributed by atoms with Gasteiger partial charge in [0.2, 0.25) is 11.8 Å². The first-order chi connectivity index (χ1) is 14.5. The smallest absolute Gasteiger partial charge is 0.312 e. The van der Waals surface area contributed by atoms with Crippen LogP contribution in [0.4, 0.5) is 4.79 Å². The Morgan fingerprint density at radius 1 is 1.27 bits per heavy atom. The number of hydrogen-bond donors (Lipinski definition) is 2. The summed E-state index contributed by atoms with van der Waals surface area (Å²) >= 11 is 0. The van der Waals surface area contributed by atoms with Gasteiger partial charge in [-0.05, 0) is 55.2 Å². The second-order valence-corrected chi connectivity index (χ2v) is 8.66. The summed E-state index contributed by atoms with van der Waals surface area (Å²) in [4.78, 5) is 40.6. The van der Waals surface area contributed by atoms with Crippen LogP contribution in [0.25, 0.3) is 0 Å². The third kappa shape index (κ3) is 4.08. The van der Waals surface area contributed by atoms with E-state index in [0.717, 1.165) is 37.0 Å². The molecule has 4 amide bonds. The number of benzene rings is 1. The molecule has 1 aromatic rings. The van der Waals surface area contributed by atoms with Crippen LogP contribution in [0, 0.1) is 11.8 Å². The average molecular weight is 415 g/mol. The summed E-state index contributed by atoms with van der Waals surface area (Å²) in [5.74, 6) is 1.43. The molecule has 0 unspecified atom stereocenters. The fraction of sp³-hybridized carbons (Fsp3) is 0.591. The van der Waals surface area contributed by atoms with Gasteiger partial charge in [0, 0.05) is 31.6 Å². The molecule has 0 spiro atoms. The van der Waals surface area contributed by atoms with Gasteiger partial charge in [0.25, 0.3) is 0 Å². The molecule has 8 nitrogen and oxygen atoms in total. The molecule has 3 heterocycles. The average Bonchev–Trinajstić information content (AvgIpc) is 2.75. The van der Waals surface area contributed by atoms with Crippen molar-refractivity contribution in [2.45, 2.75) is 44.2 Å². The maximum absolute atomic E-state index is 12.9. The van der Waals surface area contributed by atoms with Gasteiger partial charge >= 0.3 is 6.03 Å². The van der Waals surface area contributed by atoms with E-state index >= 15 is 0 Å². The molecule has 0 radical (unpaired) electrons. The lowest BCUT2D eigenvalue weighted by Gasteiger charge is -2.56. The molecule has 4 atom stereocenters. The number of nitrogens with zero attached hydrogens (tertiary/aromatic N) is 2. The van der Waals surface area contributed by atoms with Crippen molar-refractivity contribution in [3.05, 3.63) is 29.8 Å². The number of nitrogens with one attached hydrogen (secondary N) is 1. The normalized spacial score (nSPS) is 28.0. The Kier molecular flexibility index (Phi) is 5.83. The number of likely N-dealkylation sites (tertiary alicyclic amines) is 1. The number of primary amides is 1. The van der Waals surface area contributed by atoms with Crippen molar-refractivity contribution in [2.75, 3.05) is 26.7 Å². The molecular formula is C22H30N4O4. The van der Waals surface area contributed by atoms with E-state index in [2.05, 4.69) is 16.3 Å². The van der Waals surface area contributed by atoms with Crippen LogP contribution in [-0.2, 0) is 16.0 Å². The summed E-state index contributed by atoms with van der Waals surface area (Å²) in [5, 5.41) is 2.40. The molecule has 0 saturated carbocycles. The van der Waals surface area contributed by atoms with Crippen molar-refractivity contribution in [1.82, 2.24) is 15.1 Å². The van der Waals surface area contributed by atoms with Gasteiger partial charge in [0.05, 0.1) is 13.7 Å². The first kappa shape index (κ1) is 20.5. The van der Waals surface area contributed by atoms with Gasteiger partial charge in [-0.1, -0.05) is 12.1 Å². The predicted molar refractivity (Wildman–Crippen MR) is 111 cm³/mol. The Balaban J connectivity index is 1.57. The van der Waals surface area contributed by atoms with Crippen LogP contribution in [0.5, 0.6) is 5.75 Å². The summed E-state index contributed by atoms with van der Waals surface area (Å²) in [6.07, 6.45) is 4.27. The second kappa shape index (κ2) is 8.53. The number of carbonyl (C=O) groups is 3. The van der Waals surface area contributed by atoms with E-state index in [4.69, 9.17) is 10.5 Å². The minimum atomic E-state index is -0.694. The van der Waals surface area contributed by atoms with E-state index < -0.39 is 6.03 Å². The highest BCUT2D eigenvalue weighted by molar-refractivity contribution is 5.83. The van der Waals surface area contributed by atoms with Gasteiger partial charge in [-0.25, -0.2) is 4.79 Å². The maximum atomic E-state index is 12.9. The number of piperidine rings is 3. The monoisotopic (exact) mass is 414 g/mol. The van der Waals surface area contributed by atoms with Crippen LogP contribution in [0.1, 0.15) is 31.2 Å². The molecule has 3 aliphatic heterocycles. The Morgan fingerprint density at radius 3 is 2.83 bits per heavy atom. The molecule has 3 N–H and O–H groups in total. The summed E-state index contributed by atoms with van der Waals surface area (Å²) in [5.41, 5.74) is 6.25. The zero-order chi connectivity index (χ0) is 21.3. The fourth-order valence-corrected chi connectivity index (χ4v) is 5.56. The summed E-state index contributed by atoms with van der Waals surface area (Å²) in [7, 11) is 1.65. The summed E-state index contributed by atoms with van der Waals surface area (Å²) in [6, 6.07) is 7.53. The minimum Gasteiger partial charge on any atom is -0.497 e. The Hall–Kier alpha value is -2.77. The molecule has 3 saturated heterocycles. The Labute approximate surface area is 176 Å². The van der Waals surface area contributed by atoms with Crippen LogP contribution in [0.15, 0.2) is 24.3 Å². The lowest BCUT2D eigenvalue weighted by atomic mass is 9.70. The number of methoxy groups -OCH3 is 1. The van der Waals surface area contributed by atoms with Crippen molar-refractivity contribution in [3.63, 3.8) is 0 Å². The third-order valence-corrected chi connectivity index (χ3v) is 6.84. The van der Waals surface area contributed by atoms with E-state index in [1.807, 2.05) is 23.1 Å². The van der Waals surface area contributed by atoms with E-state index in [0.29, 0.717) is 19.5 Å². The zero-order valence-corrected chi connectivity index (χ0v) is 17.4. The highest BCUT2D eigenvalue weighted by atomic mass is 16.5. The molecule has 2 bridgehead atoms. The first-order valence-electron chi connectivity index (χ1n) is 10.7. The van der Waals surface area contributed by atoms with Crippen molar-refractivity contribution >= 4 is 17.8 Å². The van der Waals surface area contributed by atoms with E-state index in [-0.39, 0.29) is 42.3 Å². The second-order valence-electron chi connectivity index (χ2n) is 8.66. The highest BCUT2D eigenvalue weighted by Crippen LogP contribution is 2.42. The van der Waals surface area contributed by atoms with Crippen molar-refractivity contribution in [1.29, 1.82) is 0 Å². The van der Waals surface area contributed by atoms with Crippen LogP contribution >= 0.6 is 0 Å². The van der Waals surface area contributed by atoms with Crippen LogP contribution in [0.2, 0.25) is 0 Å². The number of ether oxygens (including phenoxy) is 1. The lowest BCUT2D eigenvalue weighted by Crippen LogP contribution is -2.66. The van der Waals surface area contributed by atoms with Crippen LogP contribution in [0.3, 0.4) is 0 Å². The molecule has 162 valence electrons. The Bertz CT molecular complexity index is 829. The van der Waals surface area contributed by atoms with Crippen LogP contribution < -0.4 is 15.8 Å². The zero-order valence-electron chi connectivity index (χ0n) is 17.4. The van der Waals surface area contributed by atoms with Gasteiger partial charge in [0.15, 0.2) is 0 Å². The molecule has 0 aromatic heterocycles. The minimum absolute atomic E-state index is 0.0610. The quantitative estimate of drug-likeness (QED) is 0.754. The van der Waals surface area contributed by atoms with Gasteiger partial charge < -0.3 is 25.6 Å². The molecule has 3 aliphatic rings. The van der Waals surface area contributed by atoms with Gasteiger partial charge in [-0.2, -0.15) is 0 Å². The topological polar surface area (TPSA) is 105 Å². The molecular weight excluding hydrogens is 384 g/mol. The molecule has 30 heavy (non-hydrogen) atoms. The number of urea groups is 1. The van der Waals surface area contributed by atoms with Crippen LogP contribution in [-0.4, -0.2) is 66.5 Å². The van der Waals surface area contributed by atoms with Gasteiger partial charge in [-0.3, -0.25) is 9.59 Å². The third-order valence-electron chi connectivity index (χ3n) is 6.84. The number of amides is 4. The molecule has 8 heteroatoms. The number of nitrogens with two attached hydrogens (primary N) is 1. The van der Waals surface area contributed by atoms with Crippen molar-refractivity contribution in [2.24, 2.45) is 17.6 Å². The van der Waals surface area contributed by atoms with Gasteiger partial charge in [-0.15, -0.1) is 0 Å². The van der Waals surface area contributed by atoms with E-state index in [1.54, 1.807) is 7.11 Å². The van der Waals surface area contributed by atoms with E-state index in [9.17, 15) is 14.4 Å². The fourth-order valence-electron chi connectivity index (χ4n) is 5.56.